The third-order valence-corrected chi connectivity index (χ3v) is 4.18. The lowest BCUT2D eigenvalue weighted by molar-refractivity contribution is 0.0950. The number of H-pyrrole nitrogens is 1. The number of aromatic hydroxyl groups is 1. The van der Waals surface area contributed by atoms with Crippen LogP contribution < -0.4 is 10.2 Å². The molecule has 28 heavy (non-hydrogen) atoms. The predicted molar refractivity (Wildman–Crippen MR) is 108 cm³/mol. The molecular formula is C21H22N4O3. The molecule has 1 heterocycles. The molecule has 1 amide bonds. The minimum atomic E-state index is -0.430. The molecule has 0 aliphatic heterocycles. The van der Waals surface area contributed by atoms with Crippen LogP contribution in [0.3, 0.4) is 0 Å². The van der Waals surface area contributed by atoms with Gasteiger partial charge in [0.05, 0.1) is 18.5 Å². The zero-order chi connectivity index (χ0) is 19.9. The molecule has 0 saturated carbocycles. The Morgan fingerprint density at radius 1 is 1.25 bits per heavy atom. The van der Waals surface area contributed by atoms with Gasteiger partial charge in [0.15, 0.2) is 11.5 Å². The van der Waals surface area contributed by atoms with Crippen molar-refractivity contribution in [1.82, 2.24) is 15.6 Å². The molecule has 7 heteroatoms. The molecule has 0 aliphatic carbocycles. The first-order valence-corrected chi connectivity index (χ1v) is 9.05. The van der Waals surface area contributed by atoms with Crippen LogP contribution in [0.25, 0.3) is 11.3 Å². The summed E-state index contributed by atoms with van der Waals surface area (Å²) in [5, 5.41) is 20.9. The number of phenols is 1. The van der Waals surface area contributed by atoms with Gasteiger partial charge in [-0.25, -0.2) is 5.43 Å². The number of carbonyl (C=O) groups is 1. The summed E-state index contributed by atoms with van der Waals surface area (Å²) in [7, 11) is 0. The Labute approximate surface area is 163 Å². The molecule has 3 aromatic rings. The van der Waals surface area contributed by atoms with E-state index >= 15 is 0 Å². The van der Waals surface area contributed by atoms with Crippen LogP contribution in [-0.2, 0) is 6.42 Å². The second kappa shape index (κ2) is 8.85. The lowest BCUT2D eigenvalue weighted by Gasteiger charge is -2.07. The predicted octanol–water partition coefficient (Wildman–Crippen LogP) is 3.51. The average Bonchev–Trinajstić information content (AvgIpc) is 3.21. The summed E-state index contributed by atoms with van der Waals surface area (Å²) < 4.78 is 5.32. The van der Waals surface area contributed by atoms with E-state index in [4.69, 9.17) is 4.74 Å². The minimum absolute atomic E-state index is 0.0262. The third-order valence-electron chi connectivity index (χ3n) is 4.18. The summed E-state index contributed by atoms with van der Waals surface area (Å²) in [6, 6.07) is 14.8. The van der Waals surface area contributed by atoms with Crippen LogP contribution in [0.2, 0.25) is 0 Å². The van der Waals surface area contributed by atoms with Crippen molar-refractivity contribution < 1.29 is 14.6 Å². The van der Waals surface area contributed by atoms with Crippen molar-refractivity contribution in [3.8, 4) is 22.8 Å². The fourth-order valence-electron chi connectivity index (χ4n) is 2.63. The highest BCUT2D eigenvalue weighted by Gasteiger charge is 2.11. The molecular weight excluding hydrogens is 356 g/mol. The molecule has 0 bridgehead atoms. The number of rotatable bonds is 7. The van der Waals surface area contributed by atoms with E-state index in [-0.39, 0.29) is 5.75 Å². The van der Waals surface area contributed by atoms with Gasteiger partial charge in [-0.15, -0.1) is 0 Å². The van der Waals surface area contributed by atoms with Gasteiger partial charge >= 0.3 is 0 Å². The Bertz CT molecular complexity index is 978. The lowest BCUT2D eigenvalue weighted by Crippen LogP contribution is -2.18. The Morgan fingerprint density at radius 2 is 2.04 bits per heavy atom. The average molecular weight is 378 g/mol. The Morgan fingerprint density at radius 3 is 2.75 bits per heavy atom. The first-order chi connectivity index (χ1) is 13.6. The monoisotopic (exact) mass is 378 g/mol. The molecule has 1 aromatic heterocycles. The van der Waals surface area contributed by atoms with E-state index < -0.39 is 5.91 Å². The van der Waals surface area contributed by atoms with Gasteiger partial charge in [-0.3, -0.25) is 9.89 Å². The number of carbonyl (C=O) groups excluding carboxylic acids is 1. The van der Waals surface area contributed by atoms with E-state index in [1.165, 1.54) is 11.8 Å². The maximum Gasteiger partial charge on any atom is 0.289 e. The normalized spacial score (nSPS) is 10.9. The fraction of sp³-hybridized carbons (Fsp3) is 0.190. The van der Waals surface area contributed by atoms with Crippen molar-refractivity contribution in [3.63, 3.8) is 0 Å². The van der Waals surface area contributed by atoms with E-state index in [9.17, 15) is 9.90 Å². The second-order valence-corrected chi connectivity index (χ2v) is 6.04. The van der Waals surface area contributed by atoms with Gasteiger partial charge in [0.1, 0.15) is 5.69 Å². The maximum atomic E-state index is 12.3. The number of para-hydroxylation sites is 1. The van der Waals surface area contributed by atoms with Gasteiger partial charge in [0.2, 0.25) is 0 Å². The molecule has 3 rings (SSSR count). The molecule has 3 N–H and O–H groups in total. The lowest BCUT2D eigenvalue weighted by atomic mass is 10.1. The van der Waals surface area contributed by atoms with Crippen LogP contribution in [0.15, 0.2) is 53.6 Å². The Kier molecular flexibility index (Phi) is 6.06. The van der Waals surface area contributed by atoms with Crippen molar-refractivity contribution in [3.05, 3.63) is 65.4 Å². The zero-order valence-corrected chi connectivity index (χ0v) is 15.8. The number of aryl methyl sites for hydroxylation is 1. The highest BCUT2D eigenvalue weighted by molar-refractivity contribution is 5.94. The first kappa shape index (κ1) is 19.2. The quantitative estimate of drug-likeness (QED) is 0.433. The van der Waals surface area contributed by atoms with Gasteiger partial charge < -0.3 is 9.84 Å². The van der Waals surface area contributed by atoms with E-state index in [1.54, 1.807) is 24.3 Å². The fourth-order valence-corrected chi connectivity index (χ4v) is 2.63. The smallest absolute Gasteiger partial charge is 0.289 e. The molecule has 0 fully saturated rings. The van der Waals surface area contributed by atoms with Crippen LogP contribution in [0.1, 0.15) is 35.5 Å². The maximum absolute atomic E-state index is 12.3. The number of benzene rings is 2. The molecule has 7 nitrogen and oxygen atoms in total. The zero-order valence-electron chi connectivity index (χ0n) is 15.8. The molecule has 0 spiro atoms. The van der Waals surface area contributed by atoms with Crippen LogP contribution in [0.4, 0.5) is 0 Å². The number of phenolic OH excluding ortho intramolecular Hbond substituents is 1. The highest BCUT2D eigenvalue weighted by Crippen LogP contribution is 2.28. The van der Waals surface area contributed by atoms with Crippen molar-refractivity contribution in [2.75, 3.05) is 6.61 Å². The molecule has 0 unspecified atom stereocenters. The van der Waals surface area contributed by atoms with E-state index in [2.05, 4.69) is 27.6 Å². The standard InChI is InChI=1S/C21H22N4O3/c1-3-14-8-10-15(11-9-14)17-12-18(24-23-17)21(27)25-22-13-16-6-5-7-19(20(16)26)28-4-2/h5-13,26H,3-4H2,1-2H3,(H,23,24)(H,25,27)/b22-13+. The summed E-state index contributed by atoms with van der Waals surface area (Å²) in [6.45, 7) is 4.37. The molecule has 2 aromatic carbocycles. The summed E-state index contributed by atoms with van der Waals surface area (Å²) >= 11 is 0. The highest BCUT2D eigenvalue weighted by atomic mass is 16.5. The summed E-state index contributed by atoms with van der Waals surface area (Å²) in [4.78, 5) is 12.3. The number of nitrogens with one attached hydrogen (secondary N) is 2. The SMILES string of the molecule is CCOc1cccc(/C=N/NC(=O)c2cc(-c3ccc(CC)cc3)n[nH]2)c1O. The number of aromatic nitrogens is 2. The van der Waals surface area contributed by atoms with Crippen molar-refractivity contribution in [2.45, 2.75) is 20.3 Å². The third kappa shape index (κ3) is 4.37. The largest absolute Gasteiger partial charge is 0.504 e. The number of ether oxygens (including phenoxy) is 1. The molecule has 0 aliphatic rings. The summed E-state index contributed by atoms with van der Waals surface area (Å²) in [5.41, 5.74) is 5.99. The van der Waals surface area contributed by atoms with Crippen molar-refractivity contribution in [2.24, 2.45) is 5.10 Å². The first-order valence-electron chi connectivity index (χ1n) is 9.05. The van der Waals surface area contributed by atoms with Gasteiger partial charge in [0, 0.05) is 11.1 Å². The second-order valence-electron chi connectivity index (χ2n) is 6.04. The Hall–Kier alpha value is -3.61. The van der Waals surface area contributed by atoms with E-state index in [1.807, 2.05) is 31.2 Å². The van der Waals surface area contributed by atoms with Crippen LogP contribution in [0.5, 0.6) is 11.5 Å². The number of hydrazone groups is 1. The number of amides is 1. The van der Waals surface area contributed by atoms with Crippen molar-refractivity contribution in [1.29, 1.82) is 0 Å². The van der Waals surface area contributed by atoms with Gasteiger partial charge in [0.25, 0.3) is 5.91 Å². The molecule has 0 saturated heterocycles. The summed E-state index contributed by atoms with van der Waals surface area (Å²) in [6.07, 6.45) is 2.33. The van der Waals surface area contributed by atoms with Gasteiger partial charge in [-0.1, -0.05) is 37.3 Å². The Balaban J connectivity index is 1.66. The number of hydrogen-bond acceptors (Lipinski definition) is 5. The van der Waals surface area contributed by atoms with Gasteiger partial charge in [-0.2, -0.15) is 10.2 Å². The van der Waals surface area contributed by atoms with E-state index in [0.717, 1.165) is 12.0 Å². The number of hydrogen-bond donors (Lipinski definition) is 3. The van der Waals surface area contributed by atoms with Crippen LogP contribution >= 0.6 is 0 Å². The van der Waals surface area contributed by atoms with Gasteiger partial charge in [-0.05, 0) is 37.1 Å². The van der Waals surface area contributed by atoms with Crippen molar-refractivity contribution >= 4 is 12.1 Å². The van der Waals surface area contributed by atoms with Crippen LogP contribution in [0, 0.1) is 0 Å². The molecule has 0 radical (unpaired) electrons. The summed E-state index contributed by atoms with van der Waals surface area (Å²) in [5.74, 6) is -0.0904. The molecule has 0 atom stereocenters. The number of nitrogens with zero attached hydrogens (tertiary/aromatic N) is 2. The van der Waals surface area contributed by atoms with Crippen LogP contribution in [-0.4, -0.2) is 34.0 Å². The minimum Gasteiger partial charge on any atom is -0.504 e. The van der Waals surface area contributed by atoms with E-state index in [0.29, 0.717) is 29.3 Å². The topological polar surface area (TPSA) is 99.6 Å². The molecule has 144 valence electrons. The number of aromatic amines is 1.